The average molecular weight is 297 g/mol. The van der Waals surface area contributed by atoms with E-state index in [-0.39, 0.29) is 100 Å². The maximum Gasteiger partial charge on any atom is 3.00 e. The van der Waals surface area contributed by atoms with Gasteiger partial charge in [-0.2, -0.15) is 0 Å². The molecule has 4 nitrogen and oxygen atoms in total. The van der Waals surface area contributed by atoms with E-state index in [4.69, 9.17) is 0 Å². The third-order valence-electron chi connectivity index (χ3n) is 0. The quantitative estimate of drug-likeness (QED) is 0.498. The molecular formula is GaLaMgO4. The molecule has 0 rings (SSSR count). The predicted molar refractivity (Wildman–Crippen MR) is 14.3 cm³/mol. The standard InChI is InChI=1S/Ga.La.Mg.4O/q2*+3;+2;4*-2. The van der Waals surface area contributed by atoms with Gasteiger partial charge in [-0.25, -0.2) is 0 Å². The molecule has 0 heterocycles. The van der Waals surface area contributed by atoms with Crippen molar-refractivity contribution in [2.24, 2.45) is 0 Å². The summed E-state index contributed by atoms with van der Waals surface area (Å²) in [5.74, 6) is 0. The van der Waals surface area contributed by atoms with Crippen LogP contribution in [0.15, 0.2) is 0 Å². The average Bonchev–Trinajstić information content (AvgIpc) is 0. The molecular weight excluding hydrogens is 297 g/mol. The molecule has 0 bridgehead atoms. The van der Waals surface area contributed by atoms with Crippen molar-refractivity contribution in [3.05, 3.63) is 0 Å². The van der Waals surface area contributed by atoms with Gasteiger partial charge in [-0.15, -0.1) is 0 Å². The largest absolute Gasteiger partial charge is 3.00 e. The molecule has 0 atom stereocenters. The van der Waals surface area contributed by atoms with Gasteiger partial charge in [0.1, 0.15) is 0 Å². The first kappa shape index (κ1) is 113. The van der Waals surface area contributed by atoms with Crippen LogP contribution < -0.4 is 0 Å². The molecule has 0 aliphatic rings. The summed E-state index contributed by atoms with van der Waals surface area (Å²) in [5, 5.41) is 0. The smallest absolute Gasteiger partial charge is 2.00 e. The van der Waals surface area contributed by atoms with Crippen molar-refractivity contribution in [2.75, 3.05) is 0 Å². The summed E-state index contributed by atoms with van der Waals surface area (Å²) >= 11 is 0. The summed E-state index contributed by atoms with van der Waals surface area (Å²) in [4.78, 5) is 0. The normalized spacial score (nSPS) is 0. The molecule has 0 amide bonds. The van der Waals surface area contributed by atoms with Crippen molar-refractivity contribution in [3.8, 4) is 0 Å². The van der Waals surface area contributed by atoms with E-state index in [2.05, 4.69) is 0 Å². The van der Waals surface area contributed by atoms with Crippen molar-refractivity contribution in [2.45, 2.75) is 0 Å². The number of hydrogen-bond acceptors (Lipinski definition) is 0. The van der Waals surface area contributed by atoms with Gasteiger partial charge in [-0.05, 0) is 0 Å². The molecule has 0 radical (unpaired) electrons. The summed E-state index contributed by atoms with van der Waals surface area (Å²) in [6.07, 6.45) is 0. The molecule has 0 aromatic rings. The third-order valence-corrected chi connectivity index (χ3v) is 0. The van der Waals surface area contributed by atoms with Gasteiger partial charge in [-0.3, -0.25) is 0 Å². The van der Waals surface area contributed by atoms with E-state index in [0.29, 0.717) is 0 Å². The minimum Gasteiger partial charge on any atom is -2.00 e. The van der Waals surface area contributed by atoms with Gasteiger partial charge in [0.05, 0.1) is 0 Å². The van der Waals surface area contributed by atoms with E-state index < -0.39 is 0 Å². The first-order valence-corrected chi connectivity index (χ1v) is 0. The second-order valence-electron chi connectivity index (χ2n) is 0. The van der Waals surface area contributed by atoms with Gasteiger partial charge in [0.2, 0.25) is 0 Å². The second-order valence-corrected chi connectivity index (χ2v) is 0. The van der Waals surface area contributed by atoms with Crippen LogP contribution >= 0.6 is 0 Å². The van der Waals surface area contributed by atoms with Gasteiger partial charge in [0.15, 0.2) is 0 Å². The first-order valence-electron chi connectivity index (χ1n) is 0. The maximum absolute atomic E-state index is 0. The molecule has 0 aromatic carbocycles. The Balaban J connectivity index is 0. The van der Waals surface area contributed by atoms with Gasteiger partial charge < -0.3 is 21.9 Å². The van der Waals surface area contributed by atoms with Crippen molar-refractivity contribution in [1.29, 1.82) is 0 Å². The van der Waals surface area contributed by atoms with Crippen LogP contribution in [0.25, 0.3) is 0 Å². The Morgan fingerprint density at radius 1 is 0.571 bits per heavy atom. The number of hydrogen-bond donors (Lipinski definition) is 0. The fraction of sp³-hybridized carbons (Fsp3) is 0. The van der Waals surface area contributed by atoms with Crippen LogP contribution in [-0.2, 0) is 21.9 Å². The molecule has 0 aliphatic heterocycles. The van der Waals surface area contributed by atoms with E-state index in [0.717, 1.165) is 0 Å². The van der Waals surface area contributed by atoms with Crippen LogP contribution in [0.4, 0.5) is 0 Å². The molecule has 0 spiro atoms. The van der Waals surface area contributed by atoms with Gasteiger partial charge in [0.25, 0.3) is 0 Å². The third kappa shape index (κ3) is 58.9. The van der Waals surface area contributed by atoms with E-state index in [1.807, 2.05) is 0 Å². The topological polar surface area (TPSA) is 114 Å². The van der Waals surface area contributed by atoms with Crippen LogP contribution in [-0.4, -0.2) is 42.8 Å². The summed E-state index contributed by atoms with van der Waals surface area (Å²) < 4.78 is 0. The minimum absolute atomic E-state index is 0. The summed E-state index contributed by atoms with van der Waals surface area (Å²) in [5.41, 5.74) is 0. The fourth-order valence-electron chi connectivity index (χ4n) is 0. The van der Waals surface area contributed by atoms with Crippen LogP contribution in [0.5, 0.6) is 0 Å². The first-order chi connectivity index (χ1) is 0. The maximum atomic E-state index is 0. The Bertz CT molecular complexity index is 11.7. The molecule has 7 heavy (non-hydrogen) atoms. The van der Waals surface area contributed by atoms with E-state index in [9.17, 15) is 0 Å². The monoisotopic (exact) mass is 296 g/mol. The van der Waals surface area contributed by atoms with E-state index in [1.165, 1.54) is 0 Å². The van der Waals surface area contributed by atoms with Crippen LogP contribution in [0.1, 0.15) is 0 Å². The summed E-state index contributed by atoms with van der Waals surface area (Å²) in [7, 11) is 0. The zero-order valence-corrected chi connectivity index (χ0v) is 11.0. The predicted octanol–water partition coefficient (Wildman–Crippen LogP) is -1.24. The Kier molecular flexibility index (Phi) is 1270. The number of rotatable bonds is 0. The molecule has 0 fully saturated rings. The molecule has 0 aliphatic carbocycles. The molecule has 0 unspecified atom stereocenters. The van der Waals surface area contributed by atoms with E-state index in [1.54, 1.807) is 0 Å². The Morgan fingerprint density at radius 2 is 0.571 bits per heavy atom. The van der Waals surface area contributed by atoms with Crippen LogP contribution in [0.2, 0.25) is 0 Å². The van der Waals surface area contributed by atoms with Crippen molar-refractivity contribution >= 4 is 42.8 Å². The molecule has 0 aromatic heterocycles. The SMILES string of the molecule is [Ga+3].[La+3].[Mg+2].[O-2].[O-2].[O-2].[O-2]. The summed E-state index contributed by atoms with van der Waals surface area (Å²) in [6.45, 7) is 0. The van der Waals surface area contributed by atoms with Crippen LogP contribution in [0.3, 0.4) is 0 Å². The van der Waals surface area contributed by atoms with Crippen molar-refractivity contribution < 1.29 is 57.5 Å². The summed E-state index contributed by atoms with van der Waals surface area (Å²) in [6, 6.07) is 0. The molecule has 0 saturated heterocycles. The zero-order chi connectivity index (χ0) is 0. The second kappa shape index (κ2) is 78.6. The fourth-order valence-corrected chi connectivity index (χ4v) is 0. The Morgan fingerprint density at radius 3 is 0.571 bits per heavy atom. The Hall–Kier alpha value is 2.44. The molecule has 32 valence electrons. The Labute approximate surface area is 98.8 Å². The molecule has 7 heteroatoms. The molecule has 0 N–H and O–H groups in total. The van der Waals surface area contributed by atoms with Gasteiger partial charge in [-0.1, -0.05) is 0 Å². The van der Waals surface area contributed by atoms with Crippen molar-refractivity contribution in [3.63, 3.8) is 0 Å². The minimum atomic E-state index is 0. The van der Waals surface area contributed by atoms with Gasteiger partial charge >= 0.3 is 78.4 Å². The van der Waals surface area contributed by atoms with Crippen molar-refractivity contribution in [1.82, 2.24) is 0 Å². The zero-order valence-electron chi connectivity index (χ0n) is 3.49. The van der Waals surface area contributed by atoms with Crippen LogP contribution in [0, 0.1) is 35.6 Å². The van der Waals surface area contributed by atoms with Gasteiger partial charge in [0, 0.05) is 0 Å². The van der Waals surface area contributed by atoms with E-state index >= 15 is 0 Å². The molecule has 0 saturated carbocycles.